The summed E-state index contributed by atoms with van der Waals surface area (Å²) in [6.07, 6.45) is 1.35. The van der Waals surface area contributed by atoms with Gasteiger partial charge >= 0.3 is 0 Å². The van der Waals surface area contributed by atoms with Crippen LogP contribution in [-0.2, 0) is 24.4 Å². The first-order valence-electron chi connectivity index (χ1n) is 8.99. The quantitative estimate of drug-likeness (QED) is 0.277. The fraction of sp³-hybridized carbons (Fsp3) is 0.400. The molecule has 2 N–H and O–H groups in total. The number of nitrogens with one attached hydrogen (secondary N) is 2. The fourth-order valence-electron chi connectivity index (χ4n) is 3.08. The number of amides is 1. The number of benzene rings is 1. The molecule has 7 heteroatoms. The van der Waals surface area contributed by atoms with Gasteiger partial charge in [0.15, 0.2) is 5.96 Å². The lowest BCUT2D eigenvalue weighted by Gasteiger charge is -2.16. The van der Waals surface area contributed by atoms with E-state index in [2.05, 4.69) is 46.1 Å². The number of guanidine groups is 1. The van der Waals surface area contributed by atoms with Crippen molar-refractivity contribution in [3.8, 4) is 0 Å². The third-order valence-electron chi connectivity index (χ3n) is 4.66. The molecule has 0 aliphatic carbocycles. The highest BCUT2D eigenvalue weighted by Crippen LogP contribution is 2.22. The van der Waals surface area contributed by atoms with Gasteiger partial charge in [-0.2, -0.15) is 0 Å². The number of fused-ring (bicyclic) bond motifs is 1. The van der Waals surface area contributed by atoms with E-state index in [4.69, 9.17) is 0 Å². The maximum absolute atomic E-state index is 12.4. The molecule has 0 saturated heterocycles. The number of carbonyl (C=O) groups excluding carboxylic acids is 1. The number of rotatable bonds is 6. The van der Waals surface area contributed by atoms with Crippen LogP contribution in [-0.4, -0.2) is 30.4 Å². The summed E-state index contributed by atoms with van der Waals surface area (Å²) in [5.74, 6) is 0.999. The van der Waals surface area contributed by atoms with E-state index in [0.29, 0.717) is 6.42 Å². The zero-order chi connectivity index (χ0) is 18.4. The van der Waals surface area contributed by atoms with E-state index in [1.165, 1.54) is 21.6 Å². The number of halogens is 1. The molecule has 0 saturated carbocycles. The SMILES string of the molecule is CN=C(NCCCC(=O)N1Cc2ccccc2C1)NCc1sccc1C.I. The first kappa shape index (κ1) is 21.7. The fourth-order valence-corrected chi connectivity index (χ4v) is 3.93. The van der Waals surface area contributed by atoms with Crippen LogP contribution < -0.4 is 10.6 Å². The molecule has 27 heavy (non-hydrogen) atoms. The standard InChI is InChI=1S/C20H26N4OS.HI/c1-15-9-11-26-18(15)12-23-20(21-2)22-10-5-8-19(25)24-13-16-6-3-4-7-17(16)14-24;/h3-4,6-7,9,11H,5,8,10,12-14H2,1-2H3,(H2,21,22,23);1H. The van der Waals surface area contributed by atoms with E-state index >= 15 is 0 Å². The molecule has 0 spiro atoms. The largest absolute Gasteiger partial charge is 0.356 e. The van der Waals surface area contributed by atoms with Gasteiger partial charge in [-0.1, -0.05) is 24.3 Å². The van der Waals surface area contributed by atoms with Crippen molar-refractivity contribution in [3.05, 3.63) is 57.3 Å². The molecule has 1 aromatic heterocycles. The molecule has 0 atom stereocenters. The molecule has 2 heterocycles. The number of aliphatic imine (C=N–C) groups is 1. The van der Waals surface area contributed by atoms with E-state index in [-0.39, 0.29) is 29.9 Å². The average molecular weight is 498 g/mol. The van der Waals surface area contributed by atoms with Crippen LogP contribution in [0.3, 0.4) is 0 Å². The summed E-state index contributed by atoms with van der Waals surface area (Å²) in [7, 11) is 1.77. The van der Waals surface area contributed by atoms with Crippen LogP contribution in [0.5, 0.6) is 0 Å². The van der Waals surface area contributed by atoms with Gasteiger partial charge in [-0.25, -0.2) is 0 Å². The van der Waals surface area contributed by atoms with Crippen molar-refractivity contribution in [2.75, 3.05) is 13.6 Å². The molecule has 146 valence electrons. The predicted molar refractivity (Wildman–Crippen MR) is 123 cm³/mol. The minimum Gasteiger partial charge on any atom is -0.356 e. The third kappa shape index (κ3) is 5.93. The Labute approximate surface area is 182 Å². The summed E-state index contributed by atoms with van der Waals surface area (Å²) in [4.78, 5) is 19.9. The van der Waals surface area contributed by atoms with Crippen molar-refractivity contribution in [3.63, 3.8) is 0 Å². The molecule has 1 aliphatic heterocycles. The van der Waals surface area contributed by atoms with Crippen LogP contribution in [0.1, 0.15) is 34.4 Å². The zero-order valence-electron chi connectivity index (χ0n) is 15.8. The predicted octanol–water partition coefficient (Wildman–Crippen LogP) is 3.66. The zero-order valence-corrected chi connectivity index (χ0v) is 19.0. The van der Waals surface area contributed by atoms with Crippen LogP contribution in [0.25, 0.3) is 0 Å². The van der Waals surface area contributed by atoms with Gasteiger partial charge < -0.3 is 15.5 Å². The van der Waals surface area contributed by atoms with E-state index in [1.807, 2.05) is 17.0 Å². The van der Waals surface area contributed by atoms with Gasteiger partial charge in [0.05, 0.1) is 6.54 Å². The van der Waals surface area contributed by atoms with Crippen LogP contribution in [0.2, 0.25) is 0 Å². The maximum Gasteiger partial charge on any atom is 0.223 e. The van der Waals surface area contributed by atoms with E-state index < -0.39 is 0 Å². The van der Waals surface area contributed by atoms with Gasteiger partial charge in [-0.3, -0.25) is 9.79 Å². The minimum absolute atomic E-state index is 0. The number of aryl methyl sites for hydroxylation is 1. The number of hydrogen-bond donors (Lipinski definition) is 2. The molecular weight excluding hydrogens is 471 g/mol. The topological polar surface area (TPSA) is 56.7 Å². The van der Waals surface area contributed by atoms with Crippen LogP contribution >= 0.6 is 35.3 Å². The van der Waals surface area contributed by atoms with Crippen molar-refractivity contribution in [2.45, 2.75) is 39.4 Å². The molecule has 0 unspecified atom stereocenters. The Bertz CT molecular complexity index is 765. The van der Waals surface area contributed by atoms with Gasteiger partial charge in [-0.15, -0.1) is 35.3 Å². The Balaban J connectivity index is 0.00000261. The lowest BCUT2D eigenvalue weighted by Crippen LogP contribution is -2.37. The Kier molecular flexibility index (Phi) is 8.56. The van der Waals surface area contributed by atoms with Gasteiger partial charge in [0.1, 0.15) is 0 Å². The molecule has 0 fully saturated rings. The smallest absolute Gasteiger partial charge is 0.223 e. The van der Waals surface area contributed by atoms with Crippen LogP contribution in [0.15, 0.2) is 40.7 Å². The van der Waals surface area contributed by atoms with Gasteiger partial charge in [0.25, 0.3) is 0 Å². The molecule has 2 aromatic rings. The molecule has 5 nitrogen and oxygen atoms in total. The molecular formula is C20H27IN4OS. The third-order valence-corrected chi connectivity index (χ3v) is 5.68. The van der Waals surface area contributed by atoms with E-state index in [0.717, 1.165) is 38.6 Å². The second kappa shape index (κ2) is 10.7. The highest BCUT2D eigenvalue weighted by atomic mass is 127. The number of hydrogen-bond acceptors (Lipinski definition) is 3. The van der Waals surface area contributed by atoms with E-state index in [1.54, 1.807) is 18.4 Å². The van der Waals surface area contributed by atoms with E-state index in [9.17, 15) is 4.79 Å². The van der Waals surface area contributed by atoms with Gasteiger partial charge in [0.2, 0.25) is 5.91 Å². The molecule has 0 radical (unpaired) electrons. The summed E-state index contributed by atoms with van der Waals surface area (Å²) in [5.41, 5.74) is 3.84. The second-order valence-electron chi connectivity index (χ2n) is 6.50. The van der Waals surface area contributed by atoms with Crippen molar-refractivity contribution >= 4 is 47.2 Å². The van der Waals surface area contributed by atoms with Gasteiger partial charge in [0, 0.05) is 38.0 Å². The minimum atomic E-state index is 0. The Hall–Kier alpha value is -1.61. The molecule has 3 rings (SSSR count). The van der Waals surface area contributed by atoms with Crippen molar-refractivity contribution < 1.29 is 4.79 Å². The summed E-state index contributed by atoms with van der Waals surface area (Å²) in [6.45, 7) is 5.10. The lowest BCUT2D eigenvalue weighted by atomic mass is 10.1. The van der Waals surface area contributed by atoms with Crippen LogP contribution in [0.4, 0.5) is 0 Å². The molecule has 1 aromatic carbocycles. The first-order valence-corrected chi connectivity index (χ1v) is 9.87. The summed E-state index contributed by atoms with van der Waals surface area (Å²) in [5, 5.41) is 8.71. The summed E-state index contributed by atoms with van der Waals surface area (Å²) in [6, 6.07) is 10.4. The first-order chi connectivity index (χ1) is 12.7. The Morgan fingerprint density at radius 3 is 2.48 bits per heavy atom. The highest BCUT2D eigenvalue weighted by molar-refractivity contribution is 14.0. The maximum atomic E-state index is 12.4. The number of carbonyl (C=O) groups is 1. The summed E-state index contributed by atoms with van der Waals surface area (Å²) >= 11 is 1.75. The molecule has 1 aliphatic rings. The lowest BCUT2D eigenvalue weighted by molar-refractivity contribution is -0.131. The van der Waals surface area contributed by atoms with Crippen molar-refractivity contribution in [1.82, 2.24) is 15.5 Å². The number of thiophene rings is 1. The Morgan fingerprint density at radius 1 is 1.19 bits per heavy atom. The average Bonchev–Trinajstić information content (AvgIpc) is 3.27. The Morgan fingerprint density at radius 2 is 1.89 bits per heavy atom. The normalized spacial score (nSPS) is 13.1. The summed E-state index contributed by atoms with van der Waals surface area (Å²) < 4.78 is 0. The molecule has 0 bridgehead atoms. The van der Waals surface area contributed by atoms with Gasteiger partial charge in [-0.05, 0) is 41.5 Å². The van der Waals surface area contributed by atoms with Crippen LogP contribution in [0, 0.1) is 6.92 Å². The van der Waals surface area contributed by atoms with Crippen molar-refractivity contribution in [1.29, 1.82) is 0 Å². The number of nitrogens with zero attached hydrogens (tertiary/aromatic N) is 2. The highest BCUT2D eigenvalue weighted by Gasteiger charge is 2.22. The second-order valence-corrected chi connectivity index (χ2v) is 7.50. The molecule has 1 amide bonds. The monoisotopic (exact) mass is 498 g/mol. The van der Waals surface area contributed by atoms with Crippen molar-refractivity contribution in [2.24, 2.45) is 4.99 Å².